The highest BCUT2D eigenvalue weighted by Crippen LogP contribution is 2.32. The zero-order valence-corrected chi connectivity index (χ0v) is 15.2. The Balaban J connectivity index is 1.80. The van der Waals surface area contributed by atoms with Crippen LogP contribution in [0.5, 0.6) is 5.75 Å². The molecular weight excluding hydrogens is 270 g/mol. The average Bonchev–Trinajstić information content (AvgIpc) is 2.32. The largest absolute Gasteiger partial charge is 0.493 e. The first-order valence-corrected chi connectivity index (χ1v) is 8.60. The van der Waals surface area contributed by atoms with Gasteiger partial charge in [0.25, 0.3) is 0 Å². The number of ether oxygens (including phenoxy) is 1. The number of hydrogen-bond acceptors (Lipinski definition) is 2. The summed E-state index contributed by atoms with van der Waals surface area (Å²) >= 11 is 0. The lowest BCUT2D eigenvalue weighted by Crippen LogP contribution is -2.50. The molecule has 2 rings (SSSR count). The van der Waals surface area contributed by atoms with Crippen LogP contribution in [0.2, 0.25) is 0 Å². The molecule has 0 atom stereocenters. The molecule has 0 amide bonds. The molecule has 0 spiro atoms. The quantitative estimate of drug-likeness (QED) is 0.842. The average molecular weight is 303 g/mol. The zero-order chi connectivity index (χ0) is 16.4. The Bertz CT molecular complexity index is 475. The van der Waals surface area contributed by atoms with Crippen molar-refractivity contribution in [2.24, 2.45) is 11.3 Å². The minimum atomic E-state index is 0.204. The molecule has 0 radical (unpaired) electrons. The van der Waals surface area contributed by atoms with Crippen LogP contribution in [0.1, 0.15) is 59.9 Å². The highest BCUT2D eigenvalue weighted by Gasteiger charge is 2.31. The maximum Gasteiger partial charge on any atom is 0.119 e. The maximum atomic E-state index is 5.92. The first-order chi connectivity index (χ1) is 10.1. The van der Waals surface area contributed by atoms with Gasteiger partial charge < -0.3 is 10.1 Å². The van der Waals surface area contributed by atoms with Gasteiger partial charge in [0.1, 0.15) is 5.75 Å². The van der Waals surface area contributed by atoms with Gasteiger partial charge in [-0.15, -0.1) is 0 Å². The van der Waals surface area contributed by atoms with Gasteiger partial charge >= 0.3 is 0 Å². The molecule has 1 fully saturated rings. The number of hydrogen-bond donors (Lipinski definition) is 1. The molecule has 1 aromatic carbocycles. The van der Waals surface area contributed by atoms with E-state index in [1.807, 2.05) is 0 Å². The van der Waals surface area contributed by atoms with Gasteiger partial charge in [0.2, 0.25) is 0 Å². The SMILES string of the molecule is CC(C)(C)COc1cccc(CC2CC(NC(C)(C)C)C2)c1. The predicted octanol–water partition coefficient (Wildman–Crippen LogP) is 4.82. The van der Waals surface area contributed by atoms with E-state index in [1.165, 1.54) is 24.8 Å². The summed E-state index contributed by atoms with van der Waals surface area (Å²) in [5.41, 5.74) is 1.84. The lowest BCUT2D eigenvalue weighted by Gasteiger charge is -2.40. The number of rotatable bonds is 5. The first-order valence-electron chi connectivity index (χ1n) is 8.60. The van der Waals surface area contributed by atoms with Crippen molar-refractivity contribution in [3.63, 3.8) is 0 Å². The Hall–Kier alpha value is -1.02. The molecule has 0 aromatic heterocycles. The second-order valence-electron chi connectivity index (χ2n) is 9.13. The summed E-state index contributed by atoms with van der Waals surface area (Å²) in [6, 6.07) is 9.34. The highest BCUT2D eigenvalue weighted by atomic mass is 16.5. The Kier molecular flexibility index (Phi) is 5.21. The molecule has 0 saturated heterocycles. The second-order valence-corrected chi connectivity index (χ2v) is 9.13. The van der Waals surface area contributed by atoms with Gasteiger partial charge in [0.05, 0.1) is 6.61 Å². The third kappa shape index (κ3) is 6.00. The predicted molar refractivity (Wildman–Crippen MR) is 94.5 cm³/mol. The molecule has 1 aliphatic rings. The van der Waals surface area contributed by atoms with Crippen molar-refractivity contribution in [3.8, 4) is 5.75 Å². The lowest BCUT2D eigenvalue weighted by molar-refractivity contribution is 0.184. The van der Waals surface area contributed by atoms with E-state index in [4.69, 9.17) is 4.74 Å². The standard InChI is InChI=1S/C20H33NO/c1-19(2,3)14-22-18-9-7-8-15(13-18)10-16-11-17(12-16)21-20(4,5)6/h7-9,13,16-17,21H,10-12,14H2,1-6H3. The summed E-state index contributed by atoms with van der Waals surface area (Å²) in [5, 5.41) is 3.69. The Morgan fingerprint density at radius 2 is 1.77 bits per heavy atom. The van der Waals surface area contributed by atoms with Crippen molar-refractivity contribution in [2.45, 2.75) is 72.4 Å². The van der Waals surface area contributed by atoms with E-state index in [-0.39, 0.29) is 11.0 Å². The number of benzene rings is 1. The van der Waals surface area contributed by atoms with Crippen LogP contribution in [-0.2, 0) is 6.42 Å². The molecule has 1 saturated carbocycles. The summed E-state index contributed by atoms with van der Waals surface area (Å²) in [5.74, 6) is 1.83. The molecule has 0 unspecified atom stereocenters. The molecule has 0 heterocycles. The van der Waals surface area contributed by atoms with Crippen LogP contribution in [0.4, 0.5) is 0 Å². The van der Waals surface area contributed by atoms with Crippen LogP contribution >= 0.6 is 0 Å². The monoisotopic (exact) mass is 303 g/mol. The Morgan fingerprint density at radius 3 is 2.36 bits per heavy atom. The van der Waals surface area contributed by atoms with E-state index < -0.39 is 0 Å². The molecule has 124 valence electrons. The van der Waals surface area contributed by atoms with Crippen LogP contribution in [0.15, 0.2) is 24.3 Å². The van der Waals surface area contributed by atoms with Crippen LogP contribution in [-0.4, -0.2) is 18.2 Å². The molecule has 1 aliphatic carbocycles. The van der Waals surface area contributed by atoms with E-state index >= 15 is 0 Å². The molecule has 0 aliphatic heterocycles. The third-order valence-electron chi connectivity index (χ3n) is 3.97. The van der Waals surface area contributed by atoms with Crippen LogP contribution in [0.3, 0.4) is 0 Å². The van der Waals surface area contributed by atoms with E-state index in [0.717, 1.165) is 18.3 Å². The summed E-state index contributed by atoms with van der Waals surface area (Å²) in [7, 11) is 0. The molecule has 1 N–H and O–H groups in total. The summed E-state index contributed by atoms with van der Waals surface area (Å²) in [6.45, 7) is 14.1. The van der Waals surface area contributed by atoms with Crippen molar-refractivity contribution >= 4 is 0 Å². The van der Waals surface area contributed by atoms with Crippen molar-refractivity contribution in [1.82, 2.24) is 5.32 Å². The van der Waals surface area contributed by atoms with Gasteiger partial charge in [-0.3, -0.25) is 0 Å². The van der Waals surface area contributed by atoms with E-state index in [0.29, 0.717) is 6.04 Å². The molecule has 2 nitrogen and oxygen atoms in total. The topological polar surface area (TPSA) is 21.3 Å². The van der Waals surface area contributed by atoms with E-state index in [9.17, 15) is 0 Å². The van der Waals surface area contributed by atoms with Crippen molar-refractivity contribution in [1.29, 1.82) is 0 Å². The summed E-state index contributed by atoms with van der Waals surface area (Å²) < 4.78 is 5.92. The molecule has 0 bridgehead atoms. The van der Waals surface area contributed by atoms with E-state index in [1.54, 1.807) is 0 Å². The maximum absolute atomic E-state index is 5.92. The first kappa shape index (κ1) is 17.3. The van der Waals surface area contributed by atoms with Crippen molar-refractivity contribution in [3.05, 3.63) is 29.8 Å². The fraction of sp³-hybridized carbons (Fsp3) is 0.700. The summed E-state index contributed by atoms with van der Waals surface area (Å²) in [6.07, 6.45) is 3.77. The van der Waals surface area contributed by atoms with Crippen molar-refractivity contribution in [2.75, 3.05) is 6.61 Å². The fourth-order valence-corrected chi connectivity index (χ4v) is 3.03. The Labute approximate surface area is 136 Å². The lowest BCUT2D eigenvalue weighted by atomic mass is 9.76. The van der Waals surface area contributed by atoms with Gasteiger partial charge in [-0.1, -0.05) is 32.9 Å². The van der Waals surface area contributed by atoms with Crippen molar-refractivity contribution < 1.29 is 4.74 Å². The number of nitrogens with one attached hydrogen (secondary N) is 1. The van der Waals surface area contributed by atoms with Crippen LogP contribution < -0.4 is 10.1 Å². The Morgan fingerprint density at radius 1 is 1.09 bits per heavy atom. The van der Waals surface area contributed by atoms with Crippen LogP contribution in [0.25, 0.3) is 0 Å². The van der Waals surface area contributed by atoms with Gasteiger partial charge in [0.15, 0.2) is 0 Å². The van der Waals surface area contributed by atoms with Gasteiger partial charge in [-0.25, -0.2) is 0 Å². The van der Waals surface area contributed by atoms with E-state index in [2.05, 4.69) is 71.1 Å². The van der Waals surface area contributed by atoms with Crippen LogP contribution in [0, 0.1) is 11.3 Å². The van der Waals surface area contributed by atoms with Gasteiger partial charge in [-0.2, -0.15) is 0 Å². The summed E-state index contributed by atoms with van der Waals surface area (Å²) in [4.78, 5) is 0. The highest BCUT2D eigenvalue weighted by molar-refractivity contribution is 5.29. The zero-order valence-electron chi connectivity index (χ0n) is 15.2. The fourth-order valence-electron chi connectivity index (χ4n) is 3.03. The van der Waals surface area contributed by atoms with Gasteiger partial charge in [0, 0.05) is 11.6 Å². The normalized spacial score (nSPS) is 22.3. The molecule has 22 heavy (non-hydrogen) atoms. The minimum absolute atomic E-state index is 0.204. The molecular formula is C20H33NO. The van der Waals surface area contributed by atoms with Gasteiger partial charge in [-0.05, 0) is 69.1 Å². The third-order valence-corrected chi connectivity index (χ3v) is 3.97. The molecule has 1 aromatic rings. The molecule has 2 heteroatoms. The second kappa shape index (κ2) is 6.62. The minimum Gasteiger partial charge on any atom is -0.493 e. The smallest absolute Gasteiger partial charge is 0.119 e.